The highest BCUT2D eigenvalue weighted by Crippen LogP contribution is 2.25. The van der Waals surface area contributed by atoms with Gasteiger partial charge in [-0.05, 0) is 13.8 Å². The average Bonchev–Trinajstić information content (AvgIpc) is 2.46. The van der Waals surface area contributed by atoms with E-state index in [0.29, 0.717) is 16.8 Å². The van der Waals surface area contributed by atoms with Gasteiger partial charge in [0.15, 0.2) is 5.82 Å². The van der Waals surface area contributed by atoms with Gasteiger partial charge in [0.05, 0.1) is 12.1 Å². The number of aromatic nitrogens is 2. The fourth-order valence-electron chi connectivity index (χ4n) is 1.71. The Morgan fingerprint density at radius 2 is 1.85 bits per heavy atom. The molecule has 0 aliphatic carbocycles. The SMILES string of the molecule is CN(c1cc(Cl)nc(-c2ccccc2)n1)C(C)(C)CO. The average molecular weight is 292 g/mol. The van der Waals surface area contributed by atoms with E-state index in [1.54, 1.807) is 6.07 Å². The molecule has 5 heteroatoms. The van der Waals surface area contributed by atoms with Gasteiger partial charge in [0.2, 0.25) is 0 Å². The first-order valence-corrected chi connectivity index (χ1v) is 6.76. The molecule has 0 amide bonds. The normalized spacial score (nSPS) is 11.4. The highest BCUT2D eigenvalue weighted by atomic mass is 35.5. The second kappa shape index (κ2) is 5.77. The van der Waals surface area contributed by atoms with Crippen LogP contribution in [0.5, 0.6) is 0 Å². The zero-order chi connectivity index (χ0) is 14.8. The van der Waals surface area contributed by atoms with Crippen molar-refractivity contribution in [2.75, 3.05) is 18.6 Å². The van der Waals surface area contributed by atoms with E-state index in [1.807, 2.05) is 56.1 Å². The Labute approximate surface area is 124 Å². The van der Waals surface area contributed by atoms with E-state index in [2.05, 4.69) is 9.97 Å². The number of likely N-dealkylation sites (N-methyl/N-ethyl adjacent to an activating group) is 1. The van der Waals surface area contributed by atoms with Crippen molar-refractivity contribution in [1.82, 2.24) is 9.97 Å². The van der Waals surface area contributed by atoms with Gasteiger partial charge in [0.1, 0.15) is 11.0 Å². The summed E-state index contributed by atoms with van der Waals surface area (Å²) in [5.74, 6) is 1.26. The number of aliphatic hydroxyl groups is 1. The second-order valence-electron chi connectivity index (χ2n) is 5.27. The maximum atomic E-state index is 9.46. The minimum absolute atomic E-state index is 0.0196. The zero-order valence-electron chi connectivity index (χ0n) is 11.8. The highest BCUT2D eigenvalue weighted by Gasteiger charge is 2.24. The van der Waals surface area contributed by atoms with Crippen molar-refractivity contribution < 1.29 is 5.11 Å². The fourth-order valence-corrected chi connectivity index (χ4v) is 1.89. The van der Waals surface area contributed by atoms with E-state index >= 15 is 0 Å². The third-order valence-electron chi connectivity index (χ3n) is 3.35. The van der Waals surface area contributed by atoms with Gasteiger partial charge in [-0.3, -0.25) is 0 Å². The number of aliphatic hydroxyl groups excluding tert-OH is 1. The number of hydrogen-bond acceptors (Lipinski definition) is 4. The molecule has 0 saturated heterocycles. The van der Waals surface area contributed by atoms with Crippen molar-refractivity contribution in [3.63, 3.8) is 0 Å². The van der Waals surface area contributed by atoms with Gasteiger partial charge in [-0.2, -0.15) is 0 Å². The molecular formula is C15H18ClN3O. The lowest BCUT2D eigenvalue weighted by Gasteiger charge is -2.35. The summed E-state index contributed by atoms with van der Waals surface area (Å²) < 4.78 is 0. The van der Waals surface area contributed by atoms with Gasteiger partial charge < -0.3 is 10.0 Å². The molecule has 1 heterocycles. The Morgan fingerprint density at radius 1 is 1.20 bits per heavy atom. The zero-order valence-corrected chi connectivity index (χ0v) is 12.6. The summed E-state index contributed by atoms with van der Waals surface area (Å²) in [5, 5.41) is 9.85. The van der Waals surface area contributed by atoms with Crippen LogP contribution in [0.25, 0.3) is 11.4 Å². The third kappa shape index (κ3) is 3.08. The van der Waals surface area contributed by atoms with Crippen LogP contribution < -0.4 is 4.90 Å². The molecule has 0 radical (unpaired) electrons. The van der Waals surface area contributed by atoms with Crippen molar-refractivity contribution in [3.05, 3.63) is 41.6 Å². The maximum Gasteiger partial charge on any atom is 0.163 e. The molecule has 0 bridgehead atoms. The Balaban J connectivity index is 2.45. The van der Waals surface area contributed by atoms with E-state index in [-0.39, 0.29) is 6.61 Å². The van der Waals surface area contributed by atoms with E-state index in [4.69, 9.17) is 11.6 Å². The van der Waals surface area contributed by atoms with Crippen molar-refractivity contribution in [2.24, 2.45) is 0 Å². The second-order valence-corrected chi connectivity index (χ2v) is 5.66. The van der Waals surface area contributed by atoms with Crippen LogP contribution in [0.15, 0.2) is 36.4 Å². The van der Waals surface area contributed by atoms with Gasteiger partial charge in [0.25, 0.3) is 0 Å². The summed E-state index contributed by atoms with van der Waals surface area (Å²) >= 11 is 6.10. The number of anilines is 1. The van der Waals surface area contributed by atoms with E-state index in [0.717, 1.165) is 5.56 Å². The molecule has 2 aromatic rings. The van der Waals surface area contributed by atoms with Gasteiger partial charge in [0, 0.05) is 18.7 Å². The molecule has 0 atom stereocenters. The number of hydrogen-bond donors (Lipinski definition) is 1. The van der Waals surface area contributed by atoms with Gasteiger partial charge >= 0.3 is 0 Å². The summed E-state index contributed by atoms with van der Waals surface area (Å²) in [7, 11) is 1.88. The number of rotatable bonds is 4. The Kier molecular flexibility index (Phi) is 4.26. The molecular weight excluding hydrogens is 274 g/mol. The van der Waals surface area contributed by atoms with Crippen LogP contribution >= 0.6 is 11.6 Å². The lowest BCUT2D eigenvalue weighted by atomic mass is 10.1. The highest BCUT2D eigenvalue weighted by molar-refractivity contribution is 6.29. The van der Waals surface area contributed by atoms with Gasteiger partial charge in [-0.25, -0.2) is 9.97 Å². The summed E-state index contributed by atoms with van der Waals surface area (Å²) in [4.78, 5) is 10.7. The van der Waals surface area contributed by atoms with Crippen LogP contribution in [-0.2, 0) is 0 Å². The van der Waals surface area contributed by atoms with Crippen molar-refractivity contribution in [1.29, 1.82) is 0 Å². The first-order valence-electron chi connectivity index (χ1n) is 6.39. The Hall–Kier alpha value is -1.65. The minimum Gasteiger partial charge on any atom is -0.394 e. The van der Waals surface area contributed by atoms with E-state index in [1.165, 1.54) is 0 Å². The molecule has 0 unspecified atom stereocenters. The van der Waals surface area contributed by atoms with Crippen LogP contribution in [0.1, 0.15) is 13.8 Å². The topological polar surface area (TPSA) is 49.2 Å². The predicted octanol–water partition coefficient (Wildman–Crippen LogP) is 3.00. The largest absolute Gasteiger partial charge is 0.394 e. The van der Waals surface area contributed by atoms with E-state index in [9.17, 15) is 5.11 Å². The molecule has 4 nitrogen and oxygen atoms in total. The summed E-state index contributed by atoms with van der Waals surface area (Å²) in [6.07, 6.45) is 0. The van der Waals surface area contributed by atoms with Crippen LogP contribution in [0.4, 0.5) is 5.82 Å². The standard InChI is InChI=1S/C15H18ClN3O/c1-15(2,10-20)19(3)13-9-12(16)17-14(18-13)11-7-5-4-6-8-11/h4-9,20H,10H2,1-3H3. The minimum atomic E-state index is -0.425. The molecule has 0 aliphatic rings. The summed E-state index contributed by atoms with van der Waals surface area (Å²) in [6, 6.07) is 11.4. The monoisotopic (exact) mass is 291 g/mol. The summed E-state index contributed by atoms with van der Waals surface area (Å²) in [5.41, 5.74) is 0.484. The van der Waals surface area contributed by atoms with Gasteiger partial charge in [-0.15, -0.1) is 0 Å². The van der Waals surface area contributed by atoms with Crippen LogP contribution in [-0.4, -0.2) is 34.3 Å². The molecule has 2 rings (SSSR count). The lowest BCUT2D eigenvalue weighted by molar-refractivity contribution is 0.215. The number of nitrogens with zero attached hydrogens (tertiary/aromatic N) is 3. The predicted molar refractivity (Wildman–Crippen MR) is 82.0 cm³/mol. The quantitative estimate of drug-likeness (QED) is 0.880. The van der Waals surface area contributed by atoms with Crippen molar-refractivity contribution in [3.8, 4) is 11.4 Å². The number of halogens is 1. The van der Waals surface area contributed by atoms with Gasteiger partial charge in [-0.1, -0.05) is 41.9 Å². The van der Waals surface area contributed by atoms with Crippen LogP contribution in [0.2, 0.25) is 5.15 Å². The van der Waals surface area contributed by atoms with Crippen LogP contribution in [0.3, 0.4) is 0 Å². The fraction of sp³-hybridized carbons (Fsp3) is 0.333. The smallest absolute Gasteiger partial charge is 0.163 e. The van der Waals surface area contributed by atoms with E-state index < -0.39 is 5.54 Å². The molecule has 106 valence electrons. The number of benzene rings is 1. The lowest BCUT2D eigenvalue weighted by Crippen LogP contribution is -2.44. The third-order valence-corrected chi connectivity index (χ3v) is 3.55. The molecule has 1 aromatic carbocycles. The first-order chi connectivity index (χ1) is 9.44. The van der Waals surface area contributed by atoms with Crippen LogP contribution in [0, 0.1) is 0 Å². The van der Waals surface area contributed by atoms with Crippen molar-refractivity contribution in [2.45, 2.75) is 19.4 Å². The molecule has 0 aliphatic heterocycles. The molecule has 0 spiro atoms. The van der Waals surface area contributed by atoms with Crippen molar-refractivity contribution >= 4 is 17.4 Å². The molecule has 0 fully saturated rings. The summed E-state index contributed by atoms with van der Waals surface area (Å²) in [6.45, 7) is 3.89. The molecule has 20 heavy (non-hydrogen) atoms. The Morgan fingerprint density at radius 3 is 2.45 bits per heavy atom. The first kappa shape index (κ1) is 14.8. The molecule has 1 aromatic heterocycles. The molecule has 1 N–H and O–H groups in total. The molecule has 0 saturated carbocycles. The maximum absolute atomic E-state index is 9.46. The Bertz CT molecular complexity index is 587.